The number of ether oxygens (including phenoxy) is 2. The Morgan fingerprint density at radius 1 is 1.11 bits per heavy atom. The van der Waals surface area contributed by atoms with Crippen LogP contribution in [0.2, 0.25) is 0 Å². The van der Waals surface area contributed by atoms with Crippen LogP contribution in [-0.2, 0) is 26.6 Å². The van der Waals surface area contributed by atoms with Crippen LogP contribution in [0.5, 0.6) is 0 Å². The van der Waals surface area contributed by atoms with Crippen LogP contribution in [0.15, 0.2) is 42.5 Å². The lowest BCUT2D eigenvalue weighted by atomic mass is 10.0. The number of anilines is 2. The normalized spacial score (nSPS) is 20.5. The summed E-state index contributed by atoms with van der Waals surface area (Å²) in [5.41, 5.74) is 3.52. The number of carbonyl (C=O) groups excluding carboxylic acids is 1. The average Bonchev–Trinajstić information content (AvgIpc) is 3.53. The molecule has 5 rings (SSSR count). The van der Waals surface area contributed by atoms with Crippen molar-refractivity contribution in [2.45, 2.75) is 31.6 Å². The van der Waals surface area contributed by atoms with E-state index >= 15 is 0 Å². The smallest absolute Gasteiger partial charge is 0.292 e. The van der Waals surface area contributed by atoms with Crippen molar-refractivity contribution in [1.29, 1.82) is 0 Å². The van der Waals surface area contributed by atoms with Crippen molar-refractivity contribution in [2.75, 3.05) is 30.0 Å². The van der Waals surface area contributed by atoms with Gasteiger partial charge in [-0.25, -0.2) is 4.39 Å². The number of nitrogens with one attached hydrogen (secondary N) is 1. The Morgan fingerprint density at radius 2 is 1.86 bits per heavy atom. The minimum atomic E-state index is -1.31. The maximum Gasteiger partial charge on any atom is 0.292 e. The molecule has 1 aliphatic carbocycles. The van der Waals surface area contributed by atoms with Crippen molar-refractivity contribution in [2.24, 2.45) is 5.92 Å². The third-order valence-electron chi connectivity index (χ3n) is 5.62. The van der Waals surface area contributed by atoms with Crippen molar-refractivity contribution in [3.63, 3.8) is 0 Å². The van der Waals surface area contributed by atoms with Gasteiger partial charge < -0.3 is 19.7 Å². The molecule has 1 saturated heterocycles. The average molecular weight is 382 g/mol. The van der Waals surface area contributed by atoms with Gasteiger partial charge in [-0.15, -0.1) is 0 Å². The third kappa shape index (κ3) is 3.06. The number of amides is 1. The summed E-state index contributed by atoms with van der Waals surface area (Å²) in [6.45, 7) is 2.31. The van der Waals surface area contributed by atoms with Gasteiger partial charge in [-0.05, 0) is 61.1 Å². The second-order valence-corrected chi connectivity index (χ2v) is 7.74. The maximum atomic E-state index is 13.2. The van der Waals surface area contributed by atoms with Crippen molar-refractivity contribution >= 4 is 17.3 Å². The number of rotatable bonds is 5. The van der Waals surface area contributed by atoms with Gasteiger partial charge in [0.1, 0.15) is 5.82 Å². The molecule has 1 amide bonds. The van der Waals surface area contributed by atoms with Crippen LogP contribution in [0.25, 0.3) is 0 Å². The van der Waals surface area contributed by atoms with Crippen LogP contribution in [-0.4, -0.2) is 25.7 Å². The Bertz CT molecular complexity index is 889. The van der Waals surface area contributed by atoms with Gasteiger partial charge in [0.05, 0.1) is 18.9 Å². The van der Waals surface area contributed by atoms with Crippen molar-refractivity contribution in [3.8, 4) is 0 Å². The van der Waals surface area contributed by atoms with Crippen molar-refractivity contribution < 1.29 is 18.7 Å². The highest BCUT2D eigenvalue weighted by Crippen LogP contribution is 2.47. The van der Waals surface area contributed by atoms with Crippen LogP contribution in [0.1, 0.15) is 30.4 Å². The number of hydrogen-bond acceptors (Lipinski definition) is 4. The largest absolute Gasteiger partial charge is 0.381 e. The summed E-state index contributed by atoms with van der Waals surface area (Å²) in [4.78, 5) is 15.1. The minimum Gasteiger partial charge on any atom is -0.381 e. The first-order chi connectivity index (χ1) is 13.7. The van der Waals surface area contributed by atoms with Crippen LogP contribution in [0, 0.1) is 11.7 Å². The SMILES string of the molecule is O=C1N(CC2CC2)c2ccc(NCc3ccc(F)cc3)cc2C12OCCCO2. The zero-order valence-electron chi connectivity index (χ0n) is 15.6. The summed E-state index contributed by atoms with van der Waals surface area (Å²) in [7, 11) is 0. The summed E-state index contributed by atoms with van der Waals surface area (Å²) in [5.74, 6) is -1.09. The third-order valence-corrected chi connectivity index (χ3v) is 5.62. The molecule has 146 valence electrons. The van der Waals surface area contributed by atoms with Crippen molar-refractivity contribution in [1.82, 2.24) is 0 Å². The second-order valence-electron chi connectivity index (χ2n) is 7.74. The molecule has 2 heterocycles. The first kappa shape index (κ1) is 17.6. The van der Waals surface area contributed by atoms with Gasteiger partial charge in [0.2, 0.25) is 0 Å². The van der Waals surface area contributed by atoms with E-state index in [-0.39, 0.29) is 11.7 Å². The quantitative estimate of drug-likeness (QED) is 0.855. The maximum absolute atomic E-state index is 13.2. The van der Waals surface area contributed by atoms with Gasteiger partial charge in [0, 0.05) is 24.3 Å². The van der Waals surface area contributed by atoms with E-state index in [0.29, 0.717) is 25.7 Å². The van der Waals surface area contributed by atoms with Gasteiger partial charge in [-0.3, -0.25) is 4.79 Å². The molecule has 0 aromatic heterocycles. The molecule has 2 aromatic carbocycles. The molecule has 2 fully saturated rings. The van der Waals surface area contributed by atoms with E-state index < -0.39 is 5.79 Å². The molecule has 5 nitrogen and oxygen atoms in total. The van der Waals surface area contributed by atoms with Gasteiger partial charge in [-0.1, -0.05) is 12.1 Å². The van der Waals surface area contributed by atoms with E-state index in [4.69, 9.17) is 9.47 Å². The van der Waals surface area contributed by atoms with Crippen LogP contribution in [0.4, 0.5) is 15.8 Å². The lowest BCUT2D eigenvalue weighted by molar-refractivity contribution is -0.256. The molecule has 2 aromatic rings. The van der Waals surface area contributed by atoms with E-state index in [9.17, 15) is 9.18 Å². The number of halogens is 1. The standard InChI is InChI=1S/C22H23FN2O3/c23-17-6-4-15(5-7-17)13-24-18-8-9-20-19(12-18)22(27-10-1-11-28-22)21(26)25(20)14-16-2-3-16/h4-9,12,16,24H,1-3,10-11,13-14H2. The Kier molecular flexibility index (Phi) is 4.33. The predicted molar refractivity (Wildman–Crippen MR) is 103 cm³/mol. The number of fused-ring (bicyclic) bond motifs is 2. The monoisotopic (exact) mass is 382 g/mol. The van der Waals surface area contributed by atoms with Gasteiger partial charge in [0.25, 0.3) is 11.7 Å². The van der Waals surface area contributed by atoms with E-state index in [2.05, 4.69) is 5.32 Å². The second kappa shape index (κ2) is 6.87. The number of benzene rings is 2. The Balaban J connectivity index is 1.43. The molecule has 0 atom stereocenters. The van der Waals surface area contributed by atoms with E-state index in [1.165, 1.54) is 25.0 Å². The van der Waals surface area contributed by atoms with E-state index in [0.717, 1.165) is 35.5 Å². The van der Waals surface area contributed by atoms with Gasteiger partial charge in [0.15, 0.2) is 0 Å². The molecule has 1 saturated carbocycles. The van der Waals surface area contributed by atoms with Crippen LogP contribution < -0.4 is 10.2 Å². The van der Waals surface area contributed by atoms with Crippen LogP contribution >= 0.6 is 0 Å². The fraction of sp³-hybridized carbons (Fsp3) is 0.409. The molecule has 1 N–H and O–H groups in total. The topological polar surface area (TPSA) is 50.8 Å². The summed E-state index contributed by atoms with van der Waals surface area (Å²) in [6.07, 6.45) is 3.13. The fourth-order valence-electron chi connectivity index (χ4n) is 3.90. The number of hydrogen-bond donors (Lipinski definition) is 1. The summed E-state index contributed by atoms with van der Waals surface area (Å²) in [5, 5.41) is 3.35. The Hall–Kier alpha value is -2.44. The molecule has 1 spiro atoms. The highest BCUT2D eigenvalue weighted by atomic mass is 19.1. The zero-order valence-corrected chi connectivity index (χ0v) is 15.6. The van der Waals surface area contributed by atoms with Crippen molar-refractivity contribution in [3.05, 3.63) is 59.4 Å². The van der Waals surface area contributed by atoms with Gasteiger partial charge >= 0.3 is 0 Å². The zero-order chi connectivity index (χ0) is 19.1. The van der Waals surface area contributed by atoms with Crippen LogP contribution in [0.3, 0.4) is 0 Å². The first-order valence-electron chi connectivity index (χ1n) is 9.88. The molecule has 6 heteroatoms. The highest BCUT2D eigenvalue weighted by molar-refractivity contribution is 6.06. The molecule has 3 aliphatic rings. The summed E-state index contributed by atoms with van der Waals surface area (Å²) >= 11 is 0. The lowest BCUT2D eigenvalue weighted by Gasteiger charge is -2.32. The molecule has 0 unspecified atom stereocenters. The summed E-state index contributed by atoms with van der Waals surface area (Å²) < 4.78 is 25.0. The fourth-order valence-corrected chi connectivity index (χ4v) is 3.90. The highest BCUT2D eigenvalue weighted by Gasteiger charge is 2.55. The predicted octanol–water partition coefficient (Wildman–Crippen LogP) is 3.78. The van der Waals surface area contributed by atoms with Gasteiger partial charge in [-0.2, -0.15) is 0 Å². The molecular weight excluding hydrogens is 359 g/mol. The summed E-state index contributed by atoms with van der Waals surface area (Å²) in [6, 6.07) is 12.3. The number of carbonyl (C=O) groups is 1. The Labute approximate surface area is 163 Å². The first-order valence-corrected chi connectivity index (χ1v) is 9.88. The van der Waals surface area contributed by atoms with E-state index in [1.54, 1.807) is 12.1 Å². The number of nitrogens with zero attached hydrogens (tertiary/aromatic N) is 1. The minimum absolute atomic E-state index is 0.107. The molecule has 2 aliphatic heterocycles. The molecule has 0 bridgehead atoms. The Morgan fingerprint density at radius 3 is 2.57 bits per heavy atom. The molecular formula is C22H23FN2O3. The molecule has 0 radical (unpaired) electrons. The molecule has 28 heavy (non-hydrogen) atoms. The lowest BCUT2D eigenvalue weighted by Crippen LogP contribution is -2.47. The van der Waals surface area contributed by atoms with E-state index in [1.807, 2.05) is 23.1 Å².